The lowest BCUT2D eigenvalue weighted by Gasteiger charge is -2.11. The summed E-state index contributed by atoms with van der Waals surface area (Å²) in [5.41, 5.74) is 4.71. The van der Waals surface area contributed by atoms with Crippen molar-refractivity contribution in [1.29, 1.82) is 0 Å². The number of carbonyl (C=O) groups is 1. The monoisotopic (exact) mass is 430 g/mol. The molecule has 154 valence electrons. The summed E-state index contributed by atoms with van der Waals surface area (Å²) in [6, 6.07) is 25.9. The largest absolute Gasteiger partial charge is 0.506 e. The van der Waals surface area contributed by atoms with Crippen LogP contribution in [-0.4, -0.2) is 17.2 Å². The van der Waals surface area contributed by atoms with Gasteiger partial charge in [-0.05, 0) is 41.3 Å². The molecule has 0 radical (unpaired) electrons. The van der Waals surface area contributed by atoms with Gasteiger partial charge in [0.05, 0.1) is 11.2 Å². The van der Waals surface area contributed by atoms with Crippen molar-refractivity contribution >= 4 is 34.5 Å². The van der Waals surface area contributed by atoms with Crippen molar-refractivity contribution in [3.8, 4) is 11.5 Å². The molecule has 4 aromatic carbocycles. The van der Waals surface area contributed by atoms with Crippen molar-refractivity contribution in [2.45, 2.75) is 6.61 Å². The van der Waals surface area contributed by atoms with Gasteiger partial charge in [0.25, 0.3) is 5.91 Å². The van der Waals surface area contributed by atoms with Gasteiger partial charge in [0, 0.05) is 16.5 Å². The second-order valence-corrected chi connectivity index (χ2v) is 7.25. The SMILES string of the molecule is O=C(NN=Cc1ccc(OCc2ccccc2)c2ccccc12)c1ccc(O)c(Cl)c1. The fourth-order valence-electron chi connectivity index (χ4n) is 3.14. The van der Waals surface area contributed by atoms with Crippen molar-refractivity contribution in [3.63, 3.8) is 0 Å². The number of hydrogen-bond donors (Lipinski definition) is 2. The first-order valence-electron chi connectivity index (χ1n) is 9.62. The minimum absolute atomic E-state index is 0.0808. The quantitative estimate of drug-likeness (QED) is 0.311. The van der Waals surface area contributed by atoms with Crippen molar-refractivity contribution in [2.24, 2.45) is 5.10 Å². The molecule has 5 nitrogen and oxygen atoms in total. The number of halogens is 1. The van der Waals surface area contributed by atoms with Crippen LogP contribution in [0.1, 0.15) is 21.5 Å². The second-order valence-electron chi connectivity index (χ2n) is 6.84. The number of rotatable bonds is 6. The van der Waals surface area contributed by atoms with E-state index in [1.165, 1.54) is 18.2 Å². The van der Waals surface area contributed by atoms with Crippen LogP contribution in [0.15, 0.2) is 90.0 Å². The predicted octanol–water partition coefficient (Wildman–Crippen LogP) is 5.54. The Kier molecular flexibility index (Phi) is 6.15. The van der Waals surface area contributed by atoms with Crippen LogP contribution in [0.5, 0.6) is 11.5 Å². The third-order valence-corrected chi connectivity index (χ3v) is 5.04. The molecule has 6 heteroatoms. The molecule has 0 spiro atoms. The summed E-state index contributed by atoms with van der Waals surface area (Å²) in [5, 5.41) is 15.6. The Morgan fingerprint density at radius 2 is 1.71 bits per heavy atom. The highest BCUT2D eigenvalue weighted by Gasteiger charge is 2.08. The van der Waals surface area contributed by atoms with E-state index in [4.69, 9.17) is 16.3 Å². The van der Waals surface area contributed by atoms with Gasteiger partial charge in [-0.2, -0.15) is 5.10 Å². The molecule has 0 unspecified atom stereocenters. The molecule has 0 bridgehead atoms. The van der Waals surface area contributed by atoms with E-state index in [1.807, 2.05) is 66.7 Å². The van der Waals surface area contributed by atoms with Crippen LogP contribution >= 0.6 is 11.6 Å². The lowest BCUT2D eigenvalue weighted by Crippen LogP contribution is -2.17. The lowest BCUT2D eigenvalue weighted by atomic mass is 10.0. The van der Waals surface area contributed by atoms with Crippen LogP contribution in [0.2, 0.25) is 5.02 Å². The summed E-state index contributed by atoms with van der Waals surface area (Å²) < 4.78 is 6.03. The fraction of sp³-hybridized carbons (Fsp3) is 0.0400. The minimum atomic E-state index is -0.426. The normalized spacial score (nSPS) is 11.0. The first-order chi connectivity index (χ1) is 15.1. The summed E-state index contributed by atoms with van der Waals surface area (Å²) in [4.78, 5) is 12.3. The molecule has 0 saturated heterocycles. The average molecular weight is 431 g/mol. The Labute approximate surface area is 184 Å². The molecule has 0 fully saturated rings. The maximum Gasteiger partial charge on any atom is 0.271 e. The molecule has 0 saturated carbocycles. The molecule has 0 aliphatic carbocycles. The number of benzene rings is 4. The lowest BCUT2D eigenvalue weighted by molar-refractivity contribution is 0.0955. The molecule has 4 aromatic rings. The van der Waals surface area contributed by atoms with Crippen LogP contribution < -0.4 is 10.2 Å². The number of aromatic hydroxyl groups is 1. The Bertz CT molecular complexity index is 1260. The van der Waals surface area contributed by atoms with E-state index in [1.54, 1.807) is 6.21 Å². The zero-order valence-electron chi connectivity index (χ0n) is 16.5. The van der Waals surface area contributed by atoms with Crippen LogP contribution in [0, 0.1) is 0 Å². The molecule has 31 heavy (non-hydrogen) atoms. The number of phenolic OH excluding ortho intramolecular Hbond substituents is 1. The zero-order valence-corrected chi connectivity index (χ0v) is 17.2. The molecule has 1 amide bonds. The number of nitrogens with one attached hydrogen (secondary N) is 1. The van der Waals surface area contributed by atoms with Gasteiger partial charge < -0.3 is 9.84 Å². The van der Waals surface area contributed by atoms with Gasteiger partial charge in [0.15, 0.2) is 0 Å². The van der Waals surface area contributed by atoms with Crippen molar-refractivity contribution in [1.82, 2.24) is 5.43 Å². The predicted molar refractivity (Wildman–Crippen MR) is 123 cm³/mol. The summed E-state index contributed by atoms with van der Waals surface area (Å²) in [7, 11) is 0. The number of fused-ring (bicyclic) bond motifs is 1. The van der Waals surface area contributed by atoms with Crippen LogP contribution in [0.25, 0.3) is 10.8 Å². The number of ether oxygens (including phenoxy) is 1. The Morgan fingerprint density at radius 3 is 2.48 bits per heavy atom. The van der Waals surface area contributed by atoms with Crippen LogP contribution in [0.4, 0.5) is 0 Å². The smallest absolute Gasteiger partial charge is 0.271 e. The fourth-order valence-corrected chi connectivity index (χ4v) is 3.32. The average Bonchev–Trinajstić information content (AvgIpc) is 2.80. The van der Waals surface area contributed by atoms with Crippen molar-refractivity contribution in [2.75, 3.05) is 0 Å². The standard InChI is InChI=1S/C25H19ClN2O3/c26-22-14-18(10-12-23(22)29)25(30)28-27-15-19-11-13-24(21-9-5-4-8-20(19)21)31-16-17-6-2-1-3-7-17/h1-15,29H,16H2,(H,28,30). The van der Waals surface area contributed by atoms with Gasteiger partial charge in [-0.1, -0.05) is 66.2 Å². The van der Waals surface area contributed by atoms with Crippen LogP contribution in [0.3, 0.4) is 0 Å². The molecule has 0 aromatic heterocycles. The summed E-state index contributed by atoms with van der Waals surface area (Å²) in [6.07, 6.45) is 1.59. The number of hydrogen-bond acceptors (Lipinski definition) is 4. The Morgan fingerprint density at radius 1 is 0.968 bits per heavy atom. The topological polar surface area (TPSA) is 70.9 Å². The zero-order chi connectivity index (χ0) is 21.6. The Hall–Kier alpha value is -3.83. The van der Waals surface area contributed by atoms with E-state index in [9.17, 15) is 9.90 Å². The van der Waals surface area contributed by atoms with E-state index in [-0.39, 0.29) is 10.8 Å². The number of phenols is 1. The van der Waals surface area contributed by atoms with Gasteiger partial charge in [-0.25, -0.2) is 5.43 Å². The first kappa shape index (κ1) is 20.4. The highest BCUT2D eigenvalue weighted by molar-refractivity contribution is 6.32. The maximum absolute atomic E-state index is 12.3. The molecule has 0 heterocycles. The number of amides is 1. The van der Waals surface area contributed by atoms with E-state index in [0.717, 1.165) is 27.6 Å². The third kappa shape index (κ3) is 4.85. The van der Waals surface area contributed by atoms with Crippen molar-refractivity contribution < 1.29 is 14.6 Å². The third-order valence-electron chi connectivity index (χ3n) is 4.73. The molecule has 0 aliphatic rings. The van der Waals surface area contributed by atoms with Gasteiger partial charge in [0.2, 0.25) is 0 Å². The second kappa shape index (κ2) is 9.32. The van der Waals surface area contributed by atoms with Gasteiger partial charge in [-0.3, -0.25) is 4.79 Å². The molecule has 0 atom stereocenters. The number of carbonyl (C=O) groups excluding carboxylic acids is 1. The molecular weight excluding hydrogens is 412 g/mol. The van der Waals surface area contributed by atoms with Crippen LogP contribution in [-0.2, 0) is 6.61 Å². The Balaban J connectivity index is 1.51. The summed E-state index contributed by atoms with van der Waals surface area (Å²) >= 11 is 5.85. The highest BCUT2D eigenvalue weighted by Crippen LogP contribution is 2.28. The molecular formula is C25H19ClN2O3. The molecule has 0 aliphatic heterocycles. The maximum atomic E-state index is 12.3. The number of hydrazone groups is 1. The number of nitrogens with zero attached hydrogens (tertiary/aromatic N) is 1. The van der Waals surface area contributed by atoms with Gasteiger partial charge >= 0.3 is 0 Å². The van der Waals surface area contributed by atoms with Gasteiger partial charge in [-0.15, -0.1) is 0 Å². The van der Waals surface area contributed by atoms with E-state index in [2.05, 4.69) is 10.5 Å². The first-order valence-corrected chi connectivity index (χ1v) is 10.00. The summed E-state index contributed by atoms with van der Waals surface area (Å²) in [5.74, 6) is 0.271. The van der Waals surface area contributed by atoms with E-state index in [0.29, 0.717) is 12.2 Å². The van der Waals surface area contributed by atoms with E-state index >= 15 is 0 Å². The van der Waals surface area contributed by atoms with Crippen molar-refractivity contribution in [3.05, 3.63) is 107 Å². The highest BCUT2D eigenvalue weighted by atomic mass is 35.5. The minimum Gasteiger partial charge on any atom is -0.506 e. The van der Waals surface area contributed by atoms with E-state index < -0.39 is 5.91 Å². The summed E-state index contributed by atoms with van der Waals surface area (Å²) in [6.45, 7) is 0.476. The molecule has 2 N–H and O–H groups in total. The molecule has 4 rings (SSSR count). The van der Waals surface area contributed by atoms with Gasteiger partial charge in [0.1, 0.15) is 18.1 Å².